The van der Waals surface area contributed by atoms with Gasteiger partial charge in [0.2, 0.25) is 5.89 Å². The Labute approximate surface area is 287 Å². The Morgan fingerprint density at radius 3 is 1.90 bits per heavy atom. The molecule has 0 aliphatic heterocycles. The SMILES string of the molecule is c1ccc(-c2nc(-c3ccc(-n4c5ccccc5c5ccc(-c6nc7ccccc7o6)cc54)cc3)nc(-c3cccc4ccccc34)n2)cc1. The van der Waals surface area contributed by atoms with Gasteiger partial charge in [-0.15, -0.1) is 0 Å². The number of hydrogen-bond acceptors (Lipinski definition) is 5. The molecule has 10 rings (SSSR count). The van der Waals surface area contributed by atoms with Gasteiger partial charge in [0.05, 0.1) is 11.0 Å². The first kappa shape index (κ1) is 28.1. The van der Waals surface area contributed by atoms with Crippen LogP contribution in [-0.2, 0) is 0 Å². The van der Waals surface area contributed by atoms with Crippen molar-refractivity contribution < 1.29 is 4.42 Å². The van der Waals surface area contributed by atoms with Crippen LogP contribution in [0.4, 0.5) is 0 Å². The zero-order chi connectivity index (χ0) is 33.0. The van der Waals surface area contributed by atoms with Crippen molar-refractivity contribution in [3.05, 3.63) is 164 Å². The number of aromatic nitrogens is 5. The third-order valence-corrected chi connectivity index (χ3v) is 9.30. The largest absolute Gasteiger partial charge is 0.436 e. The minimum Gasteiger partial charge on any atom is -0.436 e. The molecule has 7 aromatic carbocycles. The lowest BCUT2D eigenvalue weighted by Crippen LogP contribution is -2.01. The number of para-hydroxylation sites is 3. The van der Waals surface area contributed by atoms with Crippen LogP contribution in [0.2, 0.25) is 0 Å². The van der Waals surface area contributed by atoms with Crippen LogP contribution in [-0.4, -0.2) is 24.5 Å². The van der Waals surface area contributed by atoms with Crippen LogP contribution in [0.25, 0.3) is 95.0 Å². The van der Waals surface area contributed by atoms with Crippen LogP contribution in [0.3, 0.4) is 0 Å². The molecule has 0 fully saturated rings. The molecule has 0 saturated carbocycles. The zero-order valence-electron chi connectivity index (χ0n) is 26.7. The molecule has 0 N–H and O–H groups in total. The van der Waals surface area contributed by atoms with E-state index in [-0.39, 0.29) is 0 Å². The second kappa shape index (κ2) is 11.4. The Morgan fingerprint density at radius 1 is 0.420 bits per heavy atom. The molecule has 6 heteroatoms. The molecule has 10 aromatic rings. The molecule has 0 spiro atoms. The molecule has 0 saturated heterocycles. The average molecular weight is 642 g/mol. The number of oxazole rings is 1. The topological polar surface area (TPSA) is 69.6 Å². The van der Waals surface area contributed by atoms with E-state index >= 15 is 0 Å². The second-order valence-corrected chi connectivity index (χ2v) is 12.3. The van der Waals surface area contributed by atoms with Crippen molar-refractivity contribution in [3.63, 3.8) is 0 Å². The lowest BCUT2D eigenvalue weighted by Gasteiger charge is -2.12. The summed E-state index contributed by atoms with van der Waals surface area (Å²) >= 11 is 0. The second-order valence-electron chi connectivity index (χ2n) is 12.3. The van der Waals surface area contributed by atoms with E-state index in [1.807, 2.05) is 54.6 Å². The van der Waals surface area contributed by atoms with Crippen LogP contribution in [0.1, 0.15) is 0 Å². The molecule has 6 nitrogen and oxygen atoms in total. The quantitative estimate of drug-likeness (QED) is 0.187. The number of nitrogens with zero attached hydrogens (tertiary/aromatic N) is 5. The smallest absolute Gasteiger partial charge is 0.227 e. The minimum atomic E-state index is 0.603. The Balaban J connectivity index is 1.12. The van der Waals surface area contributed by atoms with Crippen molar-refractivity contribution in [1.82, 2.24) is 24.5 Å². The van der Waals surface area contributed by atoms with E-state index in [0.29, 0.717) is 23.4 Å². The third kappa shape index (κ3) is 4.65. The average Bonchev–Trinajstić information content (AvgIpc) is 3.77. The molecule has 0 unspecified atom stereocenters. The van der Waals surface area contributed by atoms with Gasteiger partial charge in [-0.1, -0.05) is 109 Å². The van der Waals surface area contributed by atoms with E-state index in [2.05, 4.69) is 114 Å². The van der Waals surface area contributed by atoms with Gasteiger partial charge in [0, 0.05) is 38.7 Å². The van der Waals surface area contributed by atoms with E-state index in [1.54, 1.807) is 0 Å². The number of fused-ring (bicyclic) bond motifs is 5. The van der Waals surface area contributed by atoms with Crippen molar-refractivity contribution >= 4 is 43.7 Å². The summed E-state index contributed by atoms with van der Waals surface area (Å²) in [7, 11) is 0. The summed E-state index contributed by atoms with van der Waals surface area (Å²) in [6.45, 7) is 0. The summed E-state index contributed by atoms with van der Waals surface area (Å²) in [4.78, 5) is 19.8. The molecule has 0 bridgehead atoms. The maximum absolute atomic E-state index is 6.15. The summed E-state index contributed by atoms with van der Waals surface area (Å²) in [5.41, 5.74) is 8.58. The molecule has 0 aliphatic carbocycles. The Morgan fingerprint density at radius 2 is 1.06 bits per heavy atom. The van der Waals surface area contributed by atoms with Gasteiger partial charge in [0.1, 0.15) is 5.52 Å². The van der Waals surface area contributed by atoms with Gasteiger partial charge in [-0.2, -0.15) is 0 Å². The highest BCUT2D eigenvalue weighted by molar-refractivity contribution is 6.10. The monoisotopic (exact) mass is 641 g/mol. The van der Waals surface area contributed by atoms with E-state index in [4.69, 9.17) is 24.4 Å². The first-order valence-electron chi connectivity index (χ1n) is 16.6. The normalized spacial score (nSPS) is 11.6. The standard InChI is InChI=1S/C44H27N5O/c1-2-12-29(13-3-1)41-46-42(48-43(47-41)36-17-10-14-28-11-4-5-15-33(28)36)30-21-24-32(25-22-30)49-38-19-8-6-16-34(38)35-26-23-31(27-39(35)49)44-45-37-18-7-9-20-40(37)50-44/h1-27H. The van der Waals surface area contributed by atoms with Gasteiger partial charge >= 0.3 is 0 Å². The van der Waals surface area contributed by atoms with Gasteiger partial charge in [-0.25, -0.2) is 19.9 Å². The fourth-order valence-electron chi connectivity index (χ4n) is 6.90. The van der Waals surface area contributed by atoms with Crippen LogP contribution < -0.4 is 0 Å². The molecule has 0 radical (unpaired) electrons. The summed E-state index contributed by atoms with van der Waals surface area (Å²) in [5.74, 6) is 2.50. The van der Waals surface area contributed by atoms with Crippen LogP contribution >= 0.6 is 0 Å². The van der Waals surface area contributed by atoms with Crippen LogP contribution in [0.15, 0.2) is 168 Å². The molecule has 234 valence electrons. The summed E-state index contributed by atoms with van der Waals surface area (Å²) in [6, 6.07) is 55.9. The van der Waals surface area contributed by atoms with E-state index in [9.17, 15) is 0 Å². The lowest BCUT2D eigenvalue weighted by molar-refractivity contribution is 0.620. The summed E-state index contributed by atoms with van der Waals surface area (Å²) in [6.07, 6.45) is 0. The van der Waals surface area contributed by atoms with Gasteiger partial charge in [0.15, 0.2) is 23.1 Å². The molecule has 0 atom stereocenters. The van der Waals surface area contributed by atoms with Crippen molar-refractivity contribution in [2.24, 2.45) is 0 Å². The fourth-order valence-corrected chi connectivity index (χ4v) is 6.90. The van der Waals surface area contributed by atoms with Crippen molar-refractivity contribution in [3.8, 4) is 51.3 Å². The molecule has 0 aliphatic rings. The molecule has 3 heterocycles. The highest BCUT2D eigenvalue weighted by atomic mass is 16.3. The van der Waals surface area contributed by atoms with E-state index < -0.39 is 0 Å². The molecule has 0 amide bonds. The van der Waals surface area contributed by atoms with Crippen LogP contribution in [0, 0.1) is 0 Å². The first-order valence-corrected chi connectivity index (χ1v) is 16.6. The lowest BCUT2D eigenvalue weighted by atomic mass is 10.0. The minimum absolute atomic E-state index is 0.603. The maximum Gasteiger partial charge on any atom is 0.227 e. The predicted molar refractivity (Wildman–Crippen MR) is 201 cm³/mol. The molecular weight excluding hydrogens is 615 g/mol. The Hall–Kier alpha value is -6.92. The number of rotatable bonds is 5. The van der Waals surface area contributed by atoms with Crippen molar-refractivity contribution in [2.45, 2.75) is 0 Å². The van der Waals surface area contributed by atoms with Gasteiger partial charge in [0.25, 0.3) is 0 Å². The Bertz CT molecular complexity index is 2830. The third-order valence-electron chi connectivity index (χ3n) is 9.30. The Kier molecular flexibility index (Phi) is 6.39. The number of hydrogen-bond donors (Lipinski definition) is 0. The highest BCUT2D eigenvalue weighted by Gasteiger charge is 2.17. The molecule has 3 aromatic heterocycles. The zero-order valence-corrected chi connectivity index (χ0v) is 26.7. The maximum atomic E-state index is 6.15. The van der Waals surface area contributed by atoms with Gasteiger partial charge in [-0.3, -0.25) is 0 Å². The molecule has 50 heavy (non-hydrogen) atoms. The predicted octanol–water partition coefficient (Wildman–Crippen LogP) is 10.9. The van der Waals surface area contributed by atoms with E-state index in [1.165, 1.54) is 5.39 Å². The van der Waals surface area contributed by atoms with Gasteiger partial charge < -0.3 is 8.98 Å². The molecular formula is C44H27N5O. The van der Waals surface area contributed by atoms with Crippen molar-refractivity contribution in [1.29, 1.82) is 0 Å². The summed E-state index contributed by atoms with van der Waals surface area (Å²) < 4.78 is 8.45. The first-order chi connectivity index (χ1) is 24.8. The van der Waals surface area contributed by atoms with E-state index in [0.717, 1.165) is 66.2 Å². The van der Waals surface area contributed by atoms with Crippen LogP contribution in [0.5, 0.6) is 0 Å². The van der Waals surface area contributed by atoms with Crippen molar-refractivity contribution in [2.75, 3.05) is 0 Å². The number of benzene rings is 7. The highest BCUT2D eigenvalue weighted by Crippen LogP contribution is 2.36. The summed E-state index contributed by atoms with van der Waals surface area (Å²) in [5, 5.41) is 4.59. The van der Waals surface area contributed by atoms with Gasteiger partial charge in [-0.05, 0) is 65.4 Å². The fraction of sp³-hybridized carbons (Fsp3) is 0.